The number of amides is 3. The Hall–Kier alpha value is -3.59. The number of Topliss-reactive ketones (excluding diaryl/α,β-unsaturated/α-hetero) is 3. The van der Waals surface area contributed by atoms with Crippen molar-refractivity contribution in [2.75, 3.05) is 19.8 Å². The SMILES string of the molecule is CCC(=O)N[C@H](C(=O)C[C@@H](C)C(=O)N[C@H](C(=O)C[C@@H](C)C(=O)N[C@H](C(=O)C[C@@H](C)C(=O)O)[C@@H](O)[C@H](O)[C@H](O)CO)[C@@H](O)[C@H](O)[C@H](O)CO)[C@@H](O)[C@H](O)[C@H](O)CO. The second-order valence-corrected chi connectivity index (χ2v) is 13.6. The zero-order valence-electron chi connectivity index (χ0n) is 31.3. The molecule has 0 fully saturated rings. The summed E-state index contributed by atoms with van der Waals surface area (Å²) in [7, 11) is 0. The van der Waals surface area contributed by atoms with Gasteiger partial charge in [-0.2, -0.15) is 0 Å². The average Bonchev–Trinajstić information content (AvgIpc) is 3.17. The zero-order valence-corrected chi connectivity index (χ0v) is 31.3. The summed E-state index contributed by atoms with van der Waals surface area (Å²) in [5.41, 5.74) is 0. The van der Waals surface area contributed by atoms with E-state index < -0.39 is 171 Å². The Morgan fingerprint density at radius 3 is 0.964 bits per heavy atom. The van der Waals surface area contributed by atoms with Crippen molar-refractivity contribution < 1.29 is 99.9 Å². The second kappa shape index (κ2) is 24.9. The van der Waals surface area contributed by atoms with Gasteiger partial charge in [0.05, 0.1) is 25.7 Å². The summed E-state index contributed by atoms with van der Waals surface area (Å²) >= 11 is 0. The van der Waals surface area contributed by atoms with E-state index in [0.29, 0.717) is 0 Å². The molecule has 0 aliphatic heterocycles. The van der Waals surface area contributed by atoms with Crippen LogP contribution in [-0.2, 0) is 33.6 Å². The van der Waals surface area contributed by atoms with Gasteiger partial charge >= 0.3 is 5.97 Å². The maximum atomic E-state index is 13.5. The summed E-state index contributed by atoms with van der Waals surface area (Å²) in [4.78, 5) is 89.5. The number of carboxylic acid groups (broad SMARTS) is 1. The second-order valence-electron chi connectivity index (χ2n) is 13.6. The van der Waals surface area contributed by atoms with Gasteiger partial charge in [0.15, 0.2) is 17.3 Å². The molecule has 0 radical (unpaired) electrons. The molecule has 0 bridgehead atoms. The Labute approximate surface area is 321 Å². The Kier molecular flexibility index (Phi) is 23.3. The van der Waals surface area contributed by atoms with Crippen LogP contribution in [0.2, 0.25) is 0 Å². The standard InChI is InChI=1S/C33H57N3O20/c1-5-21(46)34-22(28(50)25(47)18(43)9-37)15(40)6-12(2)31(53)35-23(29(51)26(48)19(44)10-38)16(41)7-13(3)32(54)36-24(17(42)8-14(4)33(55)56)30(52)27(49)20(45)11-39/h12-14,18-20,22-30,37-39,43-45,47-52H,5-11H2,1-4H3,(H,34,46)(H,35,53)(H,36,54)(H,55,56)/t12-,13-,14-,18-,19-,20-,22-,23-,24-,25-,26-,27-,28-,29-,30-/m1/s1. The lowest BCUT2D eigenvalue weighted by atomic mass is 9.89. The number of hydrogen-bond acceptors (Lipinski definition) is 19. The van der Waals surface area contributed by atoms with Crippen molar-refractivity contribution in [2.24, 2.45) is 17.8 Å². The molecular weight excluding hydrogens is 758 g/mol. The molecule has 0 aromatic rings. The Morgan fingerprint density at radius 2 is 0.714 bits per heavy atom. The lowest BCUT2D eigenvalue weighted by Gasteiger charge is -2.31. The van der Waals surface area contributed by atoms with E-state index >= 15 is 0 Å². The molecule has 0 aliphatic carbocycles. The molecule has 0 saturated heterocycles. The van der Waals surface area contributed by atoms with Gasteiger partial charge in [-0.1, -0.05) is 27.7 Å². The van der Waals surface area contributed by atoms with Gasteiger partial charge in [-0.05, 0) is 0 Å². The minimum absolute atomic E-state index is 0.207. The smallest absolute Gasteiger partial charge is 0.306 e. The van der Waals surface area contributed by atoms with Crippen LogP contribution >= 0.6 is 0 Å². The molecule has 23 heteroatoms. The molecule has 16 N–H and O–H groups in total. The van der Waals surface area contributed by atoms with Gasteiger partial charge in [-0.25, -0.2) is 0 Å². The van der Waals surface area contributed by atoms with Crippen LogP contribution in [-0.4, -0.2) is 200 Å². The lowest BCUT2D eigenvalue weighted by Crippen LogP contribution is -2.59. The van der Waals surface area contributed by atoms with E-state index in [4.69, 9.17) is 10.2 Å². The van der Waals surface area contributed by atoms with Crippen molar-refractivity contribution in [2.45, 2.75) is 126 Å². The van der Waals surface area contributed by atoms with E-state index in [1.165, 1.54) is 6.92 Å². The van der Waals surface area contributed by atoms with Gasteiger partial charge in [0.25, 0.3) is 0 Å². The minimum Gasteiger partial charge on any atom is -0.481 e. The molecule has 0 saturated carbocycles. The Balaban J connectivity index is 6.39. The van der Waals surface area contributed by atoms with E-state index in [0.717, 1.165) is 20.8 Å². The monoisotopic (exact) mass is 815 g/mol. The van der Waals surface area contributed by atoms with Crippen molar-refractivity contribution >= 4 is 41.0 Å². The molecule has 23 nitrogen and oxygen atoms in total. The third kappa shape index (κ3) is 15.7. The summed E-state index contributed by atoms with van der Waals surface area (Å²) in [5.74, 6) is -12.5. The highest BCUT2D eigenvalue weighted by Crippen LogP contribution is 2.18. The first kappa shape index (κ1) is 52.4. The number of carbonyl (C=O) groups is 7. The molecule has 56 heavy (non-hydrogen) atoms. The fraction of sp³-hybridized carbons (Fsp3) is 0.788. The number of carbonyl (C=O) groups excluding carboxylic acids is 6. The average molecular weight is 816 g/mol. The van der Waals surface area contributed by atoms with Gasteiger partial charge in [-0.15, -0.1) is 0 Å². The van der Waals surface area contributed by atoms with Crippen LogP contribution < -0.4 is 16.0 Å². The molecule has 15 atom stereocenters. The van der Waals surface area contributed by atoms with E-state index in [2.05, 4.69) is 10.6 Å². The number of rotatable bonds is 28. The minimum atomic E-state index is -2.40. The number of aliphatic carboxylic acids is 1. The normalized spacial score (nSPS) is 19.8. The molecule has 324 valence electrons. The van der Waals surface area contributed by atoms with Crippen LogP contribution in [0.3, 0.4) is 0 Å². The molecule has 0 aliphatic rings. The lowest BCUT2D eigenvalue weighted by molar-refractivity contribution is -0.146. The third-order valence-electron chi connectivity index (χ3n) is 8.93. The molecular formula is C33H57N3O20. The highest BCUT2D eigenvalue weighted by molar-refractivity contribution is 5.97. The first-order chi connectivity index (χ1) is 25.9. The first-order valence-corrected chi connectivity index (χ1v) is 17.6. The first-order valence-electron chi connectivity index (χ1n) is 17.6. The fourth-order valence-corrected chi connectivity index (χ4v) is 5.09. The number of nitrogens with one attached hydrogen (secondary N) is 3. The Morgan fingerprint density at radius 1 is 0.446 bits per heavy atom. The fourth-order valence-electron chi connectivity index (χ4n) is 5.09. The van der Waals surface area contributed by atoms with Crippen LogP contribution in [0.25, 0.3) is 0 Å². The molecule has 0 rings (SSSR count). The summed E-state index contributed by atoms with van der Waals surface area (Å²) < 4.78 is 0. The topological polar surface area (TPSA) is 419 Å². The van der Waals surface area contributed by atoms with Crippen molar-refractivity contribution in [1.29, 1.82) is 0 Å². The predicted molar refractivity (Wildman–Crippen MR) is 185 cm³/mol. The molecule has 0 unspecified atom stereocenters. The largest absolute Gasteiger partial charge is 0.481 e. The number of aliphatic hydroxyl groups is 12. The van der Waals surface area contributed by atoms with Crippen molar-refractivity contribution in [3.63, 3.8) is 0 Å². The van der Waals surface area contributed by atoms with Gasteiger partial charge in [0.2, 0.25) is 17.7 Å². The van der Waals surface area contributed by atoms with Gasteiger partial charge in [0, 0.05) is 37.5 Å². The summed E-state index contributed by atoms with van der Waals surface area (Å²) in [5, 5.41) is 135. The maximum absolute atomic E-state index is 13.5. The van der Waals surface area contributed by atoms with Crippen molar-refractivity contribution in [3.05, 3.63) is 0 Å². The van der Waals surface area contributed by atoms with Crippen LogP contribution in [0, 0.1) is 17.8 Å². The third-order valence-corrected chi connectivity index (χ3v) is 8.93. The van der Waals surface area contributed by atoms with Gasteiger partial charge in [-0.3, -0.25) is 33.6 Å². The molecule has 0 aromatic heterocycles. The summed E-state index contributed by atoms with van der Waals surface area (Å²) in [6.45, 7) is 1.39. The van der Waals surface area contributed by atoms with Crippen LogP contribution in [0.15, 0.2) is 0 Å². The molecule has 0 aromatic carbocycles. The number of carboxylic acids is 1. The van der Waals surface area contributed by atoms with E-state index in [1.807, 2.05) is 5.32 Å². The van der Waals surface area contributed by atoms with Crippen molar-refractivity contribution in [3.8, 4) is 0 Å². The van der Waals surface area contributed by atoms with Crippen LogP contribution in [0.5, 0.6) is 0 Å². The zero-order chi connectivity index (χ0) is 43.8. The van der Waals surface area contributed by atoms with Gasteiger partial charge in [0.1, 0.15) is 73.1 Å². The Bertz CT molecular complexity index is 1320. The van der Waals surface area contributed by atoms with E-state index in [-0.39, 0.29) is 6.42 Å². The highest BCUT2D eigenvalue weighted by atomic mass is 16.4. The van der Waals surface area contributed by atoms with Crippen LogP contribution in [0.1, 0.15) is 53.4 Å². The number of hydrogen-bond donors (Lipinski definition) is 16. The highest BCUT2D eigenvalue weighted by Gasteiger charge is 2.42. The molecule has 0 spiro atoms. The molecule has 0 heterocycles. The summed E-state index contributed by atoms with van der Waals surface area (Å²) in [6.07, 6.45) is -22.4. The van der Waals surface area contributed by atoms with Crippen molar-refractivity contribution in [1.82, 2.24) is 16.0 Å². The van der Waals surface area contributed by atoms with E-state index in [1.54, 1.807) is 0 Å². The maximum Gasteiger partial charge on any atom is 0.306 e. The number of aliphatic hydroxyl groups excluding tert-OH is 12. The summed E-state index contributed by atoms with van der Waals surface area (Å²) in [6, 6.07) is -6.22. The van der Waals surface area contributed by atoms with Crippen LogP contribution in [0.4, 0.5) is 0 Å². The quantitative estimate of drug-likeness (QED) is 0.0349. The van der Waals surface area contributed by atoms with Gasteiger partial charge < -0.3 is 82.3 Å². The number of ketones is 3. The van der Waals surface area contributed by atoms with E-state index in [9.17, 15) is 89.7 Å². The predicted octanol–water partition coefficient (Wildman–Crippen LogP) is -8.05. The molecule has 3 amide bonds.